The average molecular weight is 844 g/mol. The zero-order valence-corrected chi connectivity index (χ0v) is 35.1. The predicted molar refractivity (Wildman–Crippen MR) is 269 cm³/mol. The Kier molecular flexibility index (Phi) is 7.10. The minimum Gasteiger partial charge on any atom is -0.455 e. The maximum absolute atomic E-state index is 6.90. The highest BCUT2D eigenvalue weighted by Gasteiger charge is 2.25. The van der Waals surface area contributed by atoms with E-state index in [9.17, 15) is 0 Å². The van der Waals surface area contributed by atoms with E-state index >= 15 is 0 Å². The van der Waals surface area contributed by atoms with Crippen molar-refractivity contribution in [3.8, 4) is 34.4 Å². The Labute approximate surface area is 375 Å². The van der Waals surface area contributed by atoms with Gasteiger partial charge < -0.3 is 13.4 Å². The lowest BCUT2D eigenvalue weighted by atomic mass is 10.0. The third kappa shape index (κ3) is 4.93. The summed E-state index contributed by atoms with van der Waals surface area (Å²) in [5, 5.41) is 13.3. The third-order valence-corrected chi connectivity index (χ3v) is 13.5. The van der Waals surface area contributed by atoms with Gasteiger partial charge in [0.05, 0.1) is 33.2 Å². The third-order valence-electron chi connectivity index (χ3n) is 13.5. The Morgan fingerprint density at radius 3 is 1.61 bits per heavy atom. The van der Waals surface area contributed by atoms with Gasteiger partial charge in [-0.2, -0.15) is 9.97 Å². The molecule has 0 aliphatic heterocycles. The van der Waals surface area contributed by atoms with Crippen molar-refractivity contribution in [3.63, 3.8) is 0 Å². The van der Waals surface area contributed by atoms with E-state index in [-0.39, 0.29) is 0 Å². The van der Waals surface area contributed by atoms with Gasteiger partial charge in [0.1, 0.15) is 22.3 Å². The zero-order chi connectivity index (χ0) is 43.0. The van der Waals surface area contributed by atoms with E-state index < -0.39 is 0 Å². The van der Waals surface area contributed by atoms with Gasteiger partial charge in [-0.1, -0.05) is 146 Å². The van der Waals surface area contributed by atoms with Crippen LogP contribution in [0, 0.1) is 0 Å². The standard InChI is InChI=1S/C59H33N5O2/c1-2-16-36-31-51-46(30-35(36)15-1)43-29-28-34-14-3-4-17-38(34)54(43)63(51)37-32-47-42-21-8-12-27-53(42)66-56(47)48(33-37)58-60-57(45-23-13-22-44-41-20-7-11-26-52(41)65-55(44)45)61-59(62-58)64-49-24-9-5-18-39(49)40-19-6-10-25-50(40)64/h1-33H. The molecule has 10 aromatic carbocycles. The van der Waals surface area contributed by atoms with E-state index in [4.69, 9.17) is 23.8 Å². The van der Waals surface area contributed by atoms with Crippen LogP contribution in [0.5, 0.6) is 0 Å². The number of nitrogens with zero attached hydrogens (tertiary/aromatic N) is 5. The molecule has 7 heteroatoms. The van der Waals surface area contributed by atoms with E-state index in [1.54, 1.807) is 0 Å². The number of hydrogen-bond donors (Lipinski definition) is 0. The highest BCUT2D eigenvalue weighted by atomic mass is 16.3. The van der Waals surface area contributed by atoms with Gasteiger partial charge in [-0.05, 0) is 70.8 Å². The topological polar surface area (TPSA) is 74.8 Å². The number of fused-ring (bicyclic) bond motifs is 15. The number of aromatic nitrogens is 5. The normalized spacial score (nSPS) is 12.2. The summed E-state index contributed by atoms with van der Waals surface area (Å²) < 4.78 is 18.1. The van der Waals surface area contributed by atoms with Crippen LogP contribution in [0.25, 0.3) is 143 Å². The average Bonchev–Trinajstić information content (AvgIpc) is 4.13. The summed E-state index contributed by atoms with van der Waals surface area (Å²) in [6.07, 6.45) is 0. The smallest absolute Gasteiger partial charge is 0.238 e. The number of para-hydroxylation sites is 5. The zero-order valence-electron chi connectivity index (χ0n) is 35.1. The molecule has 0 aliphatic carbocycles. The predicted octanol–water partition coefficient (Wildman–Crippen LogP) is 15.5. The van der Waals surface area contributed by atoms with Crippen molar-refractivity contribution >= 4 is 109 Å². The summed E-state index contributed by atoms with van der Waals surface area (Å²) >= 11 is 0. The number of rotatable bonds is 4. The molecule has 5 aromatic heterocycles. The molecule has 0 unspecified atom stereocenters. The molecule has 0 saturated carbocycles. The summed E-state index contributed by atoms with van der Waals surface area (Å²) in [6.45, 7) is 0. The Morgan fingerprint density at radius 2 is 0.879 bits per heavy atom. The molecule has 66 heavy (non-hydrogen) atoms. The Bertz CT molecular complexity index is 4500. The van der Waals surface area contributed by atoms with E-state index in [2.05, 4.69) is 173 Å². The molecule has 15 aromatic rings. The molecule has 0 aliphatic rings. The van der Waals surface area contributed by atoms with Crippen LogP contribution in [-0.4, -0.2) is 24.1 Å². The van der Waals surface area contributed by atoms with E-state index in [0.717, 1.165) is 87.9 Å². The van der Waals surface area contributed by atoms with Crippen LogP contribution in [-0.2, 0) is 0 Å². The molecule has 0 amide bonds. The highest BCUT2D eigenvalue weighted by molar-refractivity contribution is 6.21. The second-order valence-corrected chi connectivity index (χ2v) is 17.1. The number of benzene rings is 10. The van der Waals surface area contributed by atoms with E-state index in [0.29, 0.717) is 23.2 Å². The monoisotopic (exact) mass is 843 g/mol. The van der Waals surface area contributed by atoms with Crippen LogP contribution < -0.4 is 0 Å². The fraction of sp³-hybridized carbons (Fsp3) is 0. The van der Waals surface area contributed by atoms with Gasteiger partial charge in [0.25, 0.3) is 0 Å². The first kappa shape index (κ1) is 35.4. The summed E-state index contributed by atoms with van der Waals surface area (Å²) in [7, 11) is 0. The summed E-state index contributed by atoms with van der Waals surface area (Å²) in [6, 6.07) is 70.4. The van der Waals surface area contributed by atoms with Crippen LogP contribution in [0.2, 0.25) is 0 Å². The summed E-state index contributed by atoms with van der Waals surface area (Å²) in [5.41, 5.74) is 9.73. The van der Waals surface area contributed by atoms with Gasteiger partial charge in [-0.3, -0.25) is 4.57 Å². The molecule has 0 fully saturated rings. The van der Waals surface area contributed by atoms with E-state index in [1.807, 2.05) is 36.4 Å². The van der Waals surface area contributed by atoms with Crippen molar-refractivity contribution < 1.29 is 8.83 Å². The second-order valence-electron chi connectivity index (χ2n) is 17.1. The fourth-order valence-electron chi connectivity index (χ4n) is 10.6. The van der Waals surface area contributed by atoms with Gasteiger partial charge in [0.2, 0.25) is 5.95 Å². The maximum atomic E-state index is 6.90. The first-order valence-corrected chi connectivity index (χ1v) is 22.2. The molecule has 0 N–H and O–H groups in total. The van der Waals surface area contributed by atoms with Gasteiger partial charge in [0.15, 0.2) is 11.6 Å². The van der Waals surface area contributed by atoms with Gasteiger partial charge in [-0.25, -0.2) is 4.98 Å². The van der Waals surface area contributed by atoms with Crippen LogP contribution in [0.3, 0.4) is 0 Å². The number of hydrogen-bond acceptors (Lipinski definition) is 5. The van der Waals surface area contributed by atoms with Gasteiger partial charge in [0, 0.05) is 54.2 Å². The van der Waals surface area contributed by atoms with Crippen LogP contribution in [0.4, 0.5) is 0 Å². The Morgan fingerprint density at radius 1 is 0.318 bits per heavy atom. The molecular weight excluding hydrogens is 811 g/mol. The molecule has 0 spiro atoms. The second kappa shape index (κ2) is 13.2. The minimum atomic E-state index is 0.479. The van der Waals surface area contributed by atoms with Crippen LogP contribution in [0.1, 0.15) is 0 Å². The molecule has 15 rings (SSSR count). The lowest BCUT2D eigenvalue weighted by Gasteiger charge is -2.14. The minimum absolute atomic E-state index is 0.479. The molecular formula is C59H33N5O2. The molecule has 0 saturated heterocycles. The van der Waals surface area contributed by atoms with Gasteiger partial charge >= 0.3 is 0 Å². The van der Waals surface area contributed by atoms with Crippen LogP contribution >= 0.6 is 0 Å². The van der Waals surface area contributed by atoms with Crippen molar-refractivity contribution in [1.29, 1.82) is 0 Å². The lowest BCUT2D eigenvalue weighted by molar-refractivity contribution is 0.669. The highest BCUT2D eigenvalue weighted by Crippen LogP contribution is 2.44. The summed E-state index contributed by atoms with van der Waals surface area (Å²) in [5.74, 6) is 1.46. The van der Waals surface area contributed by atoms with Crippen molar-refractivity contribution in [2.75, 3.05) is 0 Å². The van der Waals surface area contributed by atoms with Crippen molar-refractivity contribution in [2.45, 2.75) is 0 Å². The number of furan rings is 2. The largest absolute Gasteiger partial charge is 0.455 e. The molecule has 306 valence electrons. The Hall–Kier alpha value is -9.07. The molecule has 0 atom stereocenters. The van der Waals surface area contributed by atoms with Crippen molar-refractivity contribution in [1.82, 2.24) is 24.1 Å². The molecule has 0 bridgehead atoms. The Balaban J connectivity index is 1.09. The SMILES string of the molecule is c1ccc2cc3c(cc2c1)c1ccc2ccccc2c1n3-c1cc(-c2nc(-c3cccc4c3oc3ccccc34)nc(-n3c4ccccc4c4ccccc43)n2)c2oc3ccccc3c2c1. The lowest BCUT2D eigenvalue weighted by Crippen LogP contribution is -2.07. The molecule has 0 radical (unpaired) electrons. The van der Waals surface area contributed by atoms with Crippen LogP contribution in [0.15, 0.2) is 209 Å². The molecule has 5 heterocycles. The quantitative estimate of drug-likeness (QED) is 0.176. The first-order valence-electron chi connectivity index (χ1n) is 22.2. The van der Waals surface area contributed by atoms with Crippen molar-refractivity contribution in [2.24, 2.45) is 0 Å². The van der Waals surface area contributed by atoms with Crippen molar-refractivity contribution in [3.05, 3.63) is 200 Å². The van der Waals surface area contributed by atoms with E-state index in [1.165, 1.54) is 32.3 Å². The molecule has 7 nitrogen and oxygen atoms in total. The maximum Gasteiger partial charge on any atom is 0.238 e. The first-order chi connectivity index (χ1) is 32.7. The fourth-order valence-corrected chi connectivity index (χ4v) is 10.6. The summed E-state index contributed by atoms with van der Waals surface area (Å²) in [4.78, 5) is 16.3. The van der Waals surface area contributed by atoms with Gasteiger partial charge in [-0.15, -0.1) is 0 Å².